The number of amides is 1. The predicted octanol–water partition coefficient (Wildman–Crippen LogP) is 4.47. The number of carbonyl (C=O) groups is 2. The number of rotatable bonds is 10. The summed E-state index contributed by atoms with van der Waals surface area (Å²) in [6.45, 7) is 1.90. The van der Waals surface area contributed by atoms with Crippen molar-refractivity contribution >= 4 is 11.9 Å². The van der Waals surface area contributed by atoms with E-state index < -0.39 is 11.6 Å². The summed E-state index contributed by atoms with van der Waals surface area (Å²) in [5.41, 5.74) is 2.76. The molecule has 0 aromatic heterocycles. The average Bonchev–Trinajstić information content (AvgIpc) is 3.18. The number of hydrogen-bond acceptors (Lipinski definition) is 4. The van der Waals surface area contributed by atoms with Crippen LogP contribution in [0.15, 0.2) is 66.7 Å². The number of fused-ring (bicyclic) bond motifs is 1. The third kappa shape index (κ3) is 6.22. The maximum Gasteiger partial charge on any atom is 0.323 e. The summed E-state index contributed by atoms with van der Waals surface area (Å²) in [6.07, 6.45) is 1.65. The molecule has 1 aliphatic heterocycles. The number of halogens is 1. The minimum absolute atomic E-state index is 0.0905. The van der Waals surface area contributed by atoms with Gasteiger partial charge in [0.1, 0.15) is 29.5 Å². The highest BCUT2D eigenvalue weighted by Gasteiger charge is 2.35. The van der Waals surface area contributed by atoms with Crippen LogP contribution in [0.5, 0.6) is 11.5 Å². The Morgan fingerprint density at radius 2 is 1.81 bits per heavy atom. The third-order valence-electron chi connectivity index (χ3n) is 6.43. The molecule has 1 aliphatic rings. The van der Waals surface area contributed by atoms with Gasteiger partial charge in [0.2, 0.25) is 5.91 Å². The zero-order chi connectivity index (χ0) is 25.7. The van der Waals surface area contributed by atoms with Crippen LogP contribution in [-0.2, 0) is 35.3 Å². The van der Waals surface area contributed by atoms with E-state index in [1.807, 2.05) is 55.5 Å². The lowest BCUT2D eigenvalue weighted by Gasteiger charge is -2.24. The molecule has 0 saturated carbocycles. The lowest BCUT2D eigenvalue weighted by Crippen LogP contribution is -2.38. The van der Waals surface area contributed by atoms with Crippen LogP contribution in [0.1, 0.15) is 29.2 Å². The number of carboxylic acids is 1. The number of benzene rings is 3. The molecular formula is C29H30FNO5. The van der Waals surface area contributed by atoms with E-state index >= 15 is 0 Å². The molecule has 0 bridgehead atoms. The molecule has 6 nitrogen and oxygen atoms in total. The van der Waals surface area contributed by atoms with Gasteiger partial charge in [0, 0.05) is 19.4 Å². The standard InChI is InChI=1S/C29H30FNO5/c1-29(17-22-5-3-4-6-25(22)30)18-23-15-21(9-12-26(23)36-29)16-27(32)31(19-28(33)34)14-13-20-7-10-24(35-2)11-8-20/h3-12,15H,13-14,16-19H2,1-2H3,(H,33,34)/t29-/m1/s1. The van der Waals surface area contributed by atoms with Crippen molar-refractivity contribution in [3.05, 3.63) is 94.8 Å². The molecule has 4 rings (SSSR count). The highest BCUT2D eigenvalue weighted by Crippen LogP contribution is 2.38. The number of ether oxygens (including phenoxy) is 2. The fourth-order valence-corrected chi connectivity index (χ4v) is 4.63. The van der Waals surface area contributed by atoms with E-state index in [0.717, 1.165) is 28.2 Å². The topological polar surface area (TPSA) is 76.1 Å². The highest BCUT2D eigenvalue weighted by atomic mass is 19.1. The van der Waals surface area contributed by atoms with E-state index in [9.17, 15) is 19.1 Å². The Labute approximate surface area is 210 Å². The Morgan fingerprint density at radius 1 is 1.08 bits per heavy atom. The SMILES string of the molecule is COc1ccc(CCN(CC(=O)O)C(=O)Cc2ccc3c(c2)C[C@@](C)(Cc2ccccc2F)O3)cc1. The summed E-state index contributed by atoms with van der Waals surface area (Å²) >= 11 is 0. The molecule has 0 spiro atoms. The maximum absolute atomic E-state index is 14.2. The van der Waals surface area contributed by atoms with E-state index in [1.54, 1.807) is 19.2 Å². The van der Waals surface area contributed by atoms with Gasteiger partial charge in [-0.15, -0.1) is 0 Å². The Morgan fingerprint density at radius 3 is 2.50 bits per heavy atom. The second kappa shape index (κ2) is 10.8. The van der Waals surface area contributed by atoms with Gasteiger partial charge in [0.15, 0.2) is 0 Å². The van der Waals surface area contributed by atoms with E-state index in [4.69, 9.17) is 9.47 Å². The summed E-state index contributed by atoms with van der Waals surface area (Å²) in [7, 11) is 1.59. The Kier molecular flexibility index (Phi) is 7.58. The van der Waals surface area contributed by atoms with Crippen LogP contribution < -0.4 is 9.47 Å². The molecule has 1 atom stereocenters. The number of aliphatic carboxylic acids is 1. The average molecular weight is 492 g/mol. The Bertz CT molecular complexity index is 1240. The predicted molar refractivity (Wildman–Crippen MR) is 134 cm³/mol. The molecule has 3 aromatic rings. The van der Waals surface area contributed by atoms with Crippen molar-refractivity contribution < 1.29 is 28.6 Å². The second-order valence-electron chi connectivity index (χ2n) is 9.42. The zero-order valence-electron chi connectivity index (χ0n) is 20.5. The Hall–Kier alpha value is -3.87. The third-order valence-corrected chi connectivity index (χ3v) is 6.43. The molecule has 0 saturated heterocycles. The van der Waals surface area contributed by atoms with Gasteiger partial charge in [0.05, 0.1) is 13.5 Å². The van der Waals surface area contributed by atoms with Crippen LogP contribution in [0.2, 0.25) is 0 Å². The minimum atomic E-state index is -1.05. The van der Waals surface area contributed by atoms with Gasteiger partial charge < -0.3 is 19.5 Å². The van der Waals surface area contributed by atoms with Crippen LogP contribution in [0.3, 0.4) is 0 Å². The van der Waals surface area contributed by atoms with Crippen molar-refractivity contribution in [3.63, 3.8) is 0 Å². The van der Waals surface area contributed by atoms with E-state index in [1.165, 1.54) is 11.0 Å². The molecule has 1 amide bonds. The van der Waals surface area contributed by atoms with E-state index in [2.05, 4.69) is 0 Å². The summed E-state index contributed by atoms with van der Waals surface area (Å²) in [6, 6.07) is 19.8. The van der Waals surface area contributed by atoms with Crippen molar-refractivity contribution in [1.29, 1.82) is 0 Å². The van der Waals surface area contributed by atoms with Crippen LogP contribution in [0.4, 0.5) is 4.39 Å². The normalized spacial score (nSPS) is 16.2. The molecule has 1 heterocycles. The number of methoxy groups -OCH3 is 1. The van der Waals surface area contributed by atoms with Gasteiger partial charge in [-0.1, -0.05) is 42.5 Å². The monoisotopic (exact) mass is 491 g/mol. The molecule has 36 heavy (non-hydrogen) atoms. The van der Waals surface area contributed by atoms with Gasteiger partial charge >= 0.3 is 5.97 Å². The van der Waals surface area contributed by atoms with Crippen molar-refractivity contribution in [1.82, 2.24) is 4.90 Å². The van der Waals surface area contributed by atoms with Gasteiger partial charge in [-0.3, -0.25) is 9.59 Å². The van der Waals surface area contributed by atoms with Gasteiger partial charge in [0.25, 0.3) is 0 Å². The molecule has 0 radical (unpaired) electrons. The van der Waals surface area contributed by atoms with Gasteiger partial charge in [-0.2, -0.15) is 0 Å². The van der Waals surface area contributed by atoms with Crippen molar-refractivity contribution in [2.75, 3.05) is 20.2 Å². The van der Waals surface area contributed by atoms with Crippen LogP contribution in [0.25, 0.3) is 0 Å². The molecule has 0 unspecified atom stereocenters. The van der Waals surface area contributed by atoms with Crippen LogP contribution in [0, 0.1) is 5.82 Å². The molecule has 7 heteroatoms. The van der Waals surface area contributed by atoms with Crippen molar-refractivity contribution in [3.8, 4) is 11.5 Å². The lowest BCUT2D eigenvalue weighted by atomic mass is 9.91. The number of carbonyl (C=O) groups excluding carboxylic acids is 1. The van der Waals surface area contributed by atoms with Crippen molar-refractivity contribution in [2.45, 2.75) is 38.2 Å². The quantitative estimate of drug-likeness (QED) is 0.453. The number of hydrogen-bond donors (Lipinski definition) is 1. The first kappa shape index (κ1) is 25.2. The first-order valence-electron chi connectivity index (χ1n) is 11.9. The molecule has 0 fully saturated rings. The number of carboxylic acid groups (broad SMARTS) is 1. The summed E-state index contributed by atoms with van der Waals surface area (Å²) in [5, 5.41) is 9.34. The second-order valence-corrected chi connectivity index (χ2v) is 9.42. The smallest absolute Gasteiger partial charge is 0.323 e. The first-order valence-corrected chi connectivity index (χ1v) is 11.9. The Balaban J connectivity index is 1.41. The molecule has 3 aromatic carbocycles. The fraction of sp³-hybridized carbons (Fsp3) is 0.310. The maximum atomic E-state index is 14.2. The molecular weight excluding hydrogens is 461 g/mol. The van der Waals surface area contributed by atoms with Crippen LogP contribution in [-0.4, -0.2) is 47.7 Å². The lowest BCUT2D eigenvalue weighted by molar-refractivity contribution is -0.144. The summed E-state index contributed by atoms with van der Waals surface area (Å²) in [5.74, 6) is -0.0873. The highest BCUT2D eigenvalue weighted by molar-refractivity contribution is 5.83. The molecule has 0 aliphatic carbocycles. The van der Waals surface area contributed by atoms with Gasteiger partial charge in [-0.05, 0) is 59.9 Å². The fourth-order valence-electron chi connectivity index (χ4n) is 4.63. The summed E-state index contributed by atoms with van der Waals surface area (Å²) < 4.78 is 25.5. The van der Waals surface area contributed by atoms with E-state index in [-0.39, 0.29) is 24.7 Å². The minimum Gasteiger partial charge on any atom is -0.497 e. The zero-order valence-corrected chi connectivity index (χ0v) is 20.5. The molecule has 1 N–H and O–H groups in total. The molecule has 188 valence electrons. The largest absolute Gasteiger partial charge is 0.497 e. The summed E-state index contributed by atoms with van der Waals surface area (Å²) in [4.78, 5) is 25.8. The first-order chi connectivity index (χ1) is 17.2. The van der Waals surface area contributed by atoms with Crippen molar-refractivity contribution in [2.24, 2.45) is 0 Å². The van der Waals surface area contributed by atoms with E-state index in [0.29, 0.717) is 31.4 Å². The van der Waals surface area contributed by atoms with Crippen LogP contribution >= 0.6 is 0 Å². The van der Waals surface area contributed by atoms with Gasteiger partial charge in [-0.25, -0.2) is 4.39 Å². The number of nitrogens with zero attached hydrogens (tertiary/aromatic N) is 1.